The van der Waals surface area contributed by atoms with Crippen LogP contribution in [0.1, 0.15) is 39.9 Å². The van der Waals surface area contributed by atoms with E-state index in [4.69, 9.17) is 16.3 Å². The number of rotatable bonds is 5. The molecule has 0 fully saturated rings. The van der Waals surface area contributed by atoms with Crippen molar-refractivity contribution in [1.82, 2.24) is 9.38 Å². The molecular weight excluding hydrogens is 354 g/mol. The summed E-state index contributed by atoms with van der Waals surface area (Å²) >= 11 is 6.02. The standard InChI is InChI=1S/C19H18ClN3O3/c1-3-10-26-19(25)13-4-7-15(8-5-13)22-18(24)17-12(2)21-16-9-6-14(20)11-23(16)17/h4-9,11H,3,10H2,1-2H3,(H,22,24). The van der Waals surface area contributed by atoms with Crippen LogP contribution in [0.15, 0.2) is 42.6 Å². The quantitative estimate of drug-likeness (QED) is 0.685. The molecule has 0 saturated carbocycles. The molecule has 1 aromatic carbocycles. The van der Waals surface area contributed by atoms with Crippen LogP contribution in [0.3, 0.4) is 0 Å². The van der Waals surface area contributed by atoms with Crippen molar-refractivity contribution >= 4 is 34.8 Å². The van der Waals surface area contributed by atoms with Gasteiger partial charge in [0.15, 0.2) is 0 Å². The van der Waals surface area contributed by atoms with Crippen LogP contribution >= 0.6 is 11.6 Å². The Hall–Kier alpha value is -2.86. The number of hydrogen-bond donors (Lipinski definition) is 1. The van der Waals surface area contributed by atoms with Crippen LogP contribution < -0.4 is 5.32 Å². The zero-order valence-electron chi connectivity index (χ0n) is 14.5. The number of pyridine rings is 1. The molecule has 0 spiro atoms. The number of aryl methyl sites for hydroxylation is 1. The van der Waals surface area contributed by atoms with Gasteiger partial charge in [-0.2, -0.15) is 0 Å². The van der Waals surface area contributed by atoms with Crippen molar-refractivity contribution in [2.24, 2.45) is 0 Å². The number of nitrogens with one attached hydrogen (secondary N) is 1. The van der Waals surface area contributed by atoms with E-state index in [-0.39, 0.29) is 11.9 Å². The summed E-state index contributed by atoms with van der Waals surface area (Å²) in [6.07, 6.45) is 2.42. The third kappa shape index (κ3) is 3.70. The van der Waals surface area contributed by atoms with E-state index in [1.165, 1.54) is 0 Å². The summed E-state index contributed by atoms with van der Waals surface area (Å²) in [5.74, 6) is -0.685. The Morgan fingerprint density at radius 3 is 2.62 bits per heavy atom. The fraction of sp³-hybridized carbons (Fsp3) is 0.211. The maximum absolute atomic E-state index is 12.7. The first-order valence-corrected chi connectivity index (χ1v) is 8.60. The minimum Gasteiger partial charge on any atom is -0.462 e. The van der Waals surface area contributed by atoms with E-state index in [1.807, 2.05) is 6.92 Å². The van der Waals surface area contributed by atoms with Gasteiger partial charge in [-0.15, -0.1) is 0 Å². The Balaban J connectivity index is 1.79. The second-order valence-corrected chi connectivity index (χ2v) is 6.23. The van der Waals surface area contributed by atoms with Crippen LogP contribution in [0.25, 0.3) is 5.65 Å². The van der Waals surface area contributed by atoms with Crippen molar-refractivity contribution < 1.29 is 14.3 Å². The molecule has 1 N–H and O–H groups in total. The number of anilines is 1. The number of carbonyl (C=O) groups excluding carboxylic acids is 2. The van der Waals surface area contributed by atoms with E-state index in [2.05, 4.69) is 10.3 Å². The van der Waals surface area contributed by atoms with Crippen molar-refractivity contribution in [2.75, 3.05) is 11.9 Å². The summed E-state index contributed by atoms with van der Waals surface area (Å²) in [6, 6.07) is 10.0. The lowest BCUT2D eigenvalue weighted by atomic mass is 10.2. The number of halogens is 1. The van der Waals surface area contributed by atoms with E-state index < -0.39 is 0 Å². The Bertz CT molecular complexity index is 964. The molecule has 0 aliphatic carbocycles. The molecule has 0 unspecified atom stereocenters. The van der Waals surface area contributed by atoms with Crippen LogP contribution in [-0.2, 0) is 4.74 Å². The molecule has 1 amide bonds. The van der Waals surface area contributed by atoms with Crippen molar-refractivity contribution in [3.63, 3.8) is 0 Å². The largest absolute Gasteiger partial charge is 0.462 e. The monoisotopic (exact) mass is 371 g/mol. The van der Waals surface area contributed by atoms with Gasteiger partial charge in [-0.1, -0.05) is 18.5 Å². The molecule has 2 heterocycles. The van der Waals surface area contributed by atoms with Gasteiger partial charge in [0.25, 0.3) is 5.91 Å². The average Bonchev–Trinajstić information content (AvgIpc) is 2.95. The third-order valence-corrected chi connectivity index (χ3v) is 4.01. The van der Waals surface area contributed by atoms with Crippen molar-refractivity contribution in [1.29, 1.82) is 0 Å². The molecule has 0 radical (unpaired) electrons. The lowest BCUT2D eigenvalue weighted by molar-refractivity contribution is 0.0505. The second kappa shape index (κ2) is 7.58. The Kier molecular flexibility index (Phi) is 5.23. The molecule has 0 aliphatic rings. The van der Waals surface area contributed by atoms with Gasteiger partial charge >= 0.3 is 5.97 Å². The van der Waals surface area contributed by atoms with E-state index in [9.17, 15) is 9.59 Å². The molecule has 6 nitrogen and oxygen atoms in total. The van der Waals surface area contributed by atoms with Gasteiger partial charge in [-0.25, -0.2) is 9.78 Å². The topological polar surface area (TPSA) is 72.7 Å². The lowest BCUT2D eigenvalue weighted by Gasteiger charge is -2.08. The maximum atomic E-state index is 12.7. The summed E-state index contributed by atoms with van der Waals surface area (Å²) in [5.41, 5.74) is 2.66. The van der Waals surface area contributed by atoms with E-state index in [0.717, 1.165) is 6.42 Å². The zero-order valence-corrected chi connectivity index (χ0v) is 15.2. The van der Waals surface area contributed by atoms with Crippen LogP contribution in [0.2, 0.25) is 5.02 Å². The molecule has 3 aromatic rings. The van der Waals surface area contributed by atoms with Crippen LogP contribution in [-0.4, -0.2) is 27.9 Å². The first kappa shape index (κ1) is 17.9. The molecule has 0 aliphatic heterocycles. The highest BCUT2D eigenvalue weighted by molar-refractivity contribution is 6.30. The Labute approximate surface area is 155 Å². The summed E-state index contributed by atoms with van der Waals surface area (Å²) in [7, 11) is 0. The molecule has 26 heavy (non-hydrogen) atoms. The summed E-state index contributed by atoms with van der Waals surface area (Å²) in [6.45, 7) is 4.08. The SMILES string of the molecule is CCCOC(=O)c1ccc(NC(=O)c2c(C)nc3ccc(Cl)cn23)cc1. The van der Waals surface area contributed by atoms with E-state index in [1.54, 1.807) is 53.9 Å². The number of carbonyl (C=O) groups is 2. The lowest BCUT2D eigenvalue weighted by Crippen LogP contribution is -2.15. The average molecular weight is 372 g/mol. The predicted molar refractivity (Wildman–Crippen MR) is 99.9 cm³/mol. The number of ether oxygens (including phenoxy) is 1. The summed E-state index contributed by atoms with van der Waals surface area (Å²) < 4.78 is 6.74. The normalized spacial score (nSPS) is 10.7. The van der Waals surface area contributed by atoms with Gasteiger partial charge in [0.2, 0.25) is 0 Å². The molecule has 134 valence electrons. The molecule has 2 aromatic heterocycles. The molecular formula is C19H18ClN3O3. The minimum absolute atomic E-state index is 0.307. The Morgan fingerprint density at radius 2 is 1.92 bits per heavy atom. The smallest absolute Gasteiger partial charge is 0.338 e. The zero-order chi connectivity index (χ0) is 18.7. The first-order valence-electron chi connectivity index (χ1n) is 8.22. The predicted octanol–water partition coefficient (Wildman–Crippen LogP) is 4.12. The highest BCUT2D eigenvalue weighted by Crippen LogP contribution is 2.18. The molecule has 0 atom stereocenters. The third-order valence-electron chi connectivity index (χ3n) is 3.79. The number of benzene rings is 1. The van der Waals surface area contributed by atoms with Crippen LogP contribution in [0, 0.1) is 6.92 Å². The number of amides is 1. The fourth-order valence-electron chi connectivity index (χ4n) is 2.57. The molecule has 0 saturated heterocycles. The highest BCUT2D eigenvalue weighted by Gasteiger charge is 2.17. The van der Waals surface area contributed by atoms with Crippen molar-refractivity contribution in [2.45, 2.75) is 20.3 Å². The van der Waals surface area contributed by atoms with Gasteiger partial charge < -0.3 is 10.1 Å². The summed E-state index contributed by atoms with van der Waals surface area (Å²) in [5, 5.41) is 3.32. The minimum atomic E-state index is -0.378. The number of fused-ring (bicyclic) bond motifs is 1. The van der Waals surface area contributed by atoms with Crippen LogP contribution in [0.5, 0.6) is 0 Å². The molecule has 3 rings (SSSR count). The van der Waals surface area contributed by atoms with Crippen molar-refractivity contribution in [3.8, 4) is 0 Å². The highest BCUT2D eigenvalue weighted by atomic mass is 35.5. The van der Waals surface area contributed by atoms with Gasteiger partial charge in [0.1, 0.15) is 11.3 Å². The number of imidazole rings is 1. The van der Waals surface area contributed by atoms with Gasteiger partial charge in [0.05, 0.1) is 22.9 Å². The van der Waals surface area contributed by atoms with Crippen LogP contribution in [0.4, 0.5) is 5.69 Å². The van der Waals surface area contributed by atoms with Gasteiger partial charge in [-0.3, -0.25) is 9.20 Å². The van der Waals surface area contributed by atoms with Gasteiger partial charge in [-0.05, 0) is 49.7 Å². The molecule has 0 bridgehead atoms. The maximum Gasteiger partial charge on any atom is 0.338 e. The second-order valence-electron chi connectivity index (χ2n) is 5.79. The fourth-order valence-corrected chi connectivity index (χ4v) is 2.73. The van der Waals surface area contributed by atoms with Crippen molar-refractivity contribution in [3.05, 3.63) is 64.6 Å². The van der Waals surface area contributed by atoms with E-state index >= 15 is 0 Å². The summed E-state index contributed by atoms with van der Waals surface area (Å²) in [4.78, 5) is 28.9. The number of esters is 1. The Morgan fingerprint density at radius 1 is 1.19 bits per heavy atom. The van der Waals surface area contributed by atoms with Gasteiger partial charge in [0, 0.05) is 11.9 Å². The number of nitrogens with zero attached hydrogens (tertiary/aromatic N) is 2. The number of hydrogen-bond acceptors (Lipinski definition) is 4. The number of aromatic nitrogens is 2. The molecule has 7 heteroatoms. The van der Waals surface area contributed by atoms with E-state index in [0.29, 0.717) is 39.9 Å². The first-order chi connectivity index (χ1) is 12.5.